The predicted octanol–water partition coefficient (Wildman–Crippen LogP) is 3.88. The molecule has 0 heterocycles. The van der Waals surface area contributed by atoms with Crippen molar-refractivity contribution in [2.24, 2.45) is 0 Å². The van der Waals surface area contributed by atoms with Gasteiger partial charge in [-0.15, -0.1) is 0 Å². The molecule has 1 aromatic rings. The van der Waals surface area contributed by atoms with E-state index in [1.54, 1.807) is 18.2 Å². The number of ether oxygens (including phenoxy) is 1. The summed E-state index contributed by atoms with van der Waals surface area (Å²) in [7, 11) is 0. The lowest BCUT2D eigenvalue weighted by Gasteiger charge is -2.22. The summed E-state index contributed by atoms with van der Waals surface area (Å²) in [5.41, 5.74) is 0. The largest absolute Gasteiger partial charge is 0.481 e. The Hall–Kier alpha value is -0.730. The number of ketones is 1. The van der Waals surface area contributed by atoms with Crippen LogP contribution in [0.5, 0.6) is 5.75 Å². The first-order valence-electron chi connectivity index (χ1n) is 5.32. The lowest BCUT2D eigenvalue weighted by Crippen LogP contribution is -2.30. The average molecular weight is 259 g/mol. The Morgan fingerprint density at radius 2 is 2.06 bits per heavy atom. The molecule has 0 spiro atoms. The topological polar surface area (TPSA) is 26.3 Å². The Morgan fingerprint density at radius 1 is 1.25 bits per heavy atom. The highest BCUT2D eigenvalue weighted by Gasteiger charge is 2.24. The summed E-state index contributed by atoms with van der Waals surface area (Å²) in [6.45, 7) is 0. The number of hydrogen-bond donors (Lipinski definition) is 0. The van der Waals surface area contributed by atoms with Gasteiger partial charge in [-0.3, -0.25) is 4.79 Å². The molecule has 1 aliphatic carbocycles. The highest BCUT2D eigenvalue weighted by Crippen LogP contribution is 2.33. The lowest BCUT2D eigenvalue weighted by atomic mass is 9.96. The first-order valence-corrected chi connectivity index (χ1v) is 6.07. The normalized spacial score (nSPS) is 20.9. The molecular formula is C12H12Cl2O2. The van der Waals surface area contributed by atoms with Crippen LogP contribution in [0.4, 0.5) is 0 Å². The first kappa shape index (κ1) is 11.7. The second kappa shape index (κ2) is 5.07. The maximum atomic E-state index is 11.6. The van der Waals surface area contributed by atoms with Crippen molar-refractivity contribution in [2.45, 2.75) is 31.8 Å². The quantitative estimate of drug-likeness (QED) is 0.805. The molecule has 2 nitrogen and oxygen atoms in total. The third-order valence-corrected chi connectivity index (χ3v) is 3.49. The number of Topliss-reactive ketones (excluding diaryl/α,β-unsaturated/α-hetero) is 1. The Bertz CT molecular complexity index is 404. The van der Waals surface area contributed by atoms with E-state index in [4.69, 9.17) is 27.9 Å². The van der Waals surface area contributed by atoms with Crippen molar-refractivity contribution >= 4 is 29.0 Å². The van der Waals surface area contributed by atoms with Crippen LogP contribution in [0.15, 0.2) is 18.2 Å². The molecule has 86 valence electrons. The minimum absolute atomic E-state index is 0.155. The van der Waals surface area contributed by atoms with Crippen LogP contribution in [0.3, 0.4) is 0 Å². The minimum atomic E-state index is -0.357. The van der Waals surface area contributed by atoms with Gasteiger partial charge in [-0.05, 0) is 31.4 Å². The second-order valence-corrected chi connectivity index (χ2v) is 4.66. The van der Waals surface area contributed by atoms with Crippen molar-refractivity contribution in [3.63, 3.8) is 0 Å². The number of carbonyl (C=O) groups is 1. The standard InChI is InChI=1S/C12H12Cl2O2/c13-8-4-3-7-11(12(8)14)16-10-6-2-1-5-9(10)15/h3-4,7,10H,1-2,5-6H2. The van der Waals surface area contributed by atoms with Gasteiger partial charge in [0, 0.05) is 6.42 Å². The molecule has 0 saturated heterocycles. The SMILES string of the molecule is O=C1CCCCC1Oc1cccc(Cl)c1Cl. The van der Waals surface area contributed by atoms with Crippen LogP contribution in [0.2, 0.25) is 10.0 Å². The zero-order valence-corrected chi connectivity index (χ0v) is 10.2. The van der Waals surface area contributed by atoms with Crippen molar-refractivity contribution < 1.29 is 9.53 Å². The summed E-state index contributed by atoms with van der Waals surface area (Å²) in [6.07, 6.45) is 2.99. The van der Waals surface area contributed by atoms with Crippen LogP contribution >= 0.6 is 23.2 Å². The number of rotatable bonds is 2. The molecule has 16 heavy (non-hydrogen) atoms. The first-order chi connectivity index (χ1) is 7.68. The molecule has 1 fully saturated rings. The third-order valence-electron chi connectivity index (χ3n) is 2.68. The van der Waals surface area contributed by atoms with Gasteiger partial charge in [-0.25, -0.2) is 0 Å². The molecule has 1 aromatic carbocycles. The number of benzene rings is 1. The summed E-state index contributed by atoms with van der Waals surface area (Å²) in [5, 5.41) is 0.824. The van der Waals surface area contributed by atoms with Crippen molar-refractivity contribution in [3.05, 3.63) is 28.2 Å². The van der Waals surface area contributed by atoms with Gasteiger partial charge >= 0.3 is 0 Å². The van der Waals surface area contributed by atoms with Gasteiger partial charge in [0.25, 0.3) is 0 Å². The Balaban J connectivity index is 2.14. The van der Waals surface area contributed by atoms with E-state index >= 15 is 0 Å². The molecule has 0 radical (unpaired) electrons. The van der Waals surface area contributed by atoms with Crippen LogP contribution in [0, 0.1) is 0 Å². The molecule has 0 aromatic heterocycles. The van der Waals surface area contributed by atoms with Gasteiger partial charge in [-0.1, -0.05) is 29.3 Å². The fraction of sp³-hybridized carbons (Fsp3) is 0.417. The van der Waals surface area contributed by atoms with Gasteiger partial charge < -0.3 is 4.74 Å². The molecular weight excluding hydrogens is 247 g/mol. The Morgan fingerprint density at radius 3 is 2.81 bits per heavy atom. The van der Waals surface area contributed by atoms with Gasteiger partial charge in [-0.2, -0.15) is 0 Å². The Labute approximate surface area is 104 Å². The van der Waals surface area contributed by atoms with E-state index in [1.807, 2.05) is 0 Å². The third kappa shape index (κ3) is 2.50. The minimum Gasteiger partial charge on any atom is -0.481 e. The highest BCUT2D eigenvalue weighted by molar-refractivity contribution is 6.42. The van der Waals surface area contributed by atoms with Crippen molar-refractivity contribution in [1.82, 2.24) is 0 Å². The second-order valence-electron chi connectivity index (χ2n) is 3.87. The molecule has 1 saturated carbocycles. The van der Waals surface area contributed by atoms with Crippen LogP contribution in [0.25, 0.3) is 0 Å². The summed E-state index contributed by atoms with van der Waals surface area (Å²) >= 11 is 11.9. The van der Waals surface area contributed by atoms with E-state index in [2.05, 4.69) is 0 Å². The zero-order chi connectivity index (χ0) is 11.5. The number of hydrogen-bond acceptors (Lipinski definition) is 2. The number of halogens is 2. The molecule has 0 bridgehead atoms. The summed E-state index contributed by atoms with van der Waals surface area (Å²) < 4.78 is 5.61. The summed E-state index contributed by atoms with van der Waals surface area (Å²) in [6, 6.07) is 5.19. The van der Waals surface area contributed by atoms with Gasteiger partial charge in [0.2, 0.25) is 0 Å². The molecule has 0 N–H and O–H groups in total. The smallest absolute Gasteiger partial charge is 0.173 e. The van der Waals surface area contributed by atoms with E-state index in [0.717, 1.165) is 19.3 Å². The number of carbonyl (C=O) groups excluding carboxylic acids is 1. The lowest BCUT2D eigenvalue weighted by molar-refractivity contribution is -0.127. The monoisotopic (exact) mass is 258 g/mol. The van der Waals surface area contributed by atoms with E-state index in [0.29, 0.717) is 22.2 Å². The maximum Gasteiger partial charge on any atom is 0.173 e. The van der Waals surface area contributed by atoms with E-state index in [9.17, 15) is 4.79 Å². The highest BCUT2D eigenvalue weighted by atomic mass is 35.5. The maximum absolute atomic E-state index is 11.6. The molecule has 1 aliphatic rings. The molecule has 4 heteroatoms. The van der Waals surface area contributed by atoms with Gasteiger partial charge in [0.15, 0.2) is 11.9 Å². The molecule has 2 rings (SSSR count). The van der Waals surface area contributed by atoms with Crippen LogP contribution in [-0.4, -0.2) is 11.9 Å². The molecule has 0 aliphatic heterocycles. The van der Waals surface area contributed by atoms with Crippen molar-refractivity contribution in [1.29, 1.82) is 0 Å². The predicted molar refractivity (Wildman–Crippen MR) is 64.4 cm³/mol. The van der Waals surface area contributed by atoms with Crippen LogP contribution in [0.1, 0.15) is 25.7 Å². The molecule has 1 atom stereocenters. The summed E-state index contributed by atoms with van der Waals surface area (Å²) in [4.78, 5) is 11.6. The van der Waals surface area contributed by atoms with E-state index in [-0.39, 0.29) is 11.9 Å². The fourth-order valence-electron chi connectivity index (χ4n) is 1.80. The van der Waals surface area contributed by atoms with Crippen LogP contribution in [-0.2, 0) is 4.79 Å². The zero-order valence-electron chi connectivity index (χ0n) is 8.71. The fourth-order valence-corrected chi connectivity index (χ4v) is 2.14. The van der Waals surface area contributed by atoms with E-state index in [1.165, 1.54) is 0 Å². The van der Waals surface area contributed by atoms with Gasteiger partial charge in [0.1, 0.15) is 10.8 Å². The van der Waals surface area contributed by atoms with Crippen molar-refractivity contribution in [2.75, 3.05) is 0 Å². The van der Waals surface area contributed by atoms with Gasteiger partial charge in [0.05, 0.1) is 5.02 Å². The van der Waals surface area contributed by atoms with Crippen LogP contribution < -0.4 is 4.74 Å². The summed E-state index contributed by atoms with van der Waals surface area (Å²) in [5.74, 6) is 0.650. The van der Waals surface area contributed by atoms with Crippen molar-refractivity contribution in [3.8, 4) is 5.75 Å². The van der Waals surface area contributed by atoms with E-state index < -0.39 is 0 Å². The average Bonchev–Trinajstić information content (AvgIpc) is 2.28. The molecule has 1 unspecified atom stereocenters. The Kier molecular flexibility index (Phi) is 3.72. The molecule has 0 amide bonds.